The molecule has 0 spiro atoms. The summed E-state index contributed by atoms with van der Waals surface area (Å²) in [5.74, 6) is 1.63. The Morgan fingerprint density at radius 1 is 1.19 bits per heavy atom. The number of aromatic nitrogens is 5. The molecule has 4 aromatic rings. The monoisotopic (exact) mass is 387 g/mol. The lowest BCUT2D eigenvalue weighted by molar-refractivity contribution is 0.485. The lowest BCUT2D eigenvalue weighted by Gasteiger charge is -2.08. The van der Waals surface area contributed by atoms with E-state index in [1.54, 1.807) is 24.5 Å². The maximum atomic E-state index is 14.3. The predicted molar refractivity (Wildman–Crippen MR) is 96.6 cm³/mol. The second-order valence-electron chi connectivity index (χ2n) is 5.38. The molecule has 0 aliphatic carbocycles. The highest BCUT2D eigenvalue weighted by Gasteiger charge is 2.20. The van der Waals surface area contributed by atoms with Gasteiger partial charge in [0.15, 0.2) is 15.3 Å². The standard InChI is InChI=1S/C17H14FN5OS2/c1-2-14-19-17(26-22-14)25-16-21-20-15(12-7-3-4-8-13(12)18)23(16)10-11-6-5-9-24-11/h3-9H,2,10H2,1H3. The van der Waals surface area contributed by atoms with E-state index in [1.165, 1.54) is 29.4 Å². The Kier molecular flexibility index (Phi) is 4.81. The summed E-state index contributed by atoms with van der Waals surface area (Å²) in [6.07, 6.45) is 2.38. The average molecular weight is 387 g/mol. The van der Waals surface area contributed by atoms with Gasteiger partial charge in [-0.15, -0.1) is 10.2 Å². The van der Waals surface area contributed by atoms with Gasteiger partial charge < -0.3 is 4.42 Å². The Labute approximate surface area is 157 Å². The largest absolute Gasteiger partial charge is 0.467 e. The summed E-state index contributed by atoms with van der Waals surface area (Å²) in [6, 6.07) is 10.2. The second-order valence-corrected chi connectivity index (χ2v) is 7.35. The van der Waals surface area contributed by atoms with Crippen molar-refractivity contribution in [1.82, 2.24) is 24.1 Å². The van der Waals surface area contributed by atoms with E-state index in [0.29, 0.717) is 23.1 Å². The minimum absolute atomic E-state index is 0.346. The summed E-state index contributed by atoms with van der Waals surface area (Å²) in [7, 11) is 0. The van der Waals surface area contributed by atoms with Crippen LogP contribution in [0.25, 0.3) is 11.4 Å². The minimum atomic E-state index is -0.346. The number of benzene rings is 1. The van der Waals surface area contributed by atoms with Crippen molar-refractivity contribution in [3.63, 3.8) is 0 Å². The molecule has 6 nitrogen and oxygen atoms in total. The van der Waals surface area contributed by atoms with E-state index >= 15 is 0 Å². The van der Waals surface area contributed by atoms with E-state index in [0.717, 1.165) is 22.3 Å². The van der Waals surface area contributed by atoms with Crippen LogP contribution in [0.1, 0.15) is 18.5 Å². The van der Waals surface area contributed by atoms with Crippen LogP contribution in [0.4, 0.5) is 4.39 Å². The first-order chi connectivity index (χ1) is 12.7. The van der Waals surface area contributed by atoms with Crippen molar-refractivity contribution >= 4 is 23.3 Å². The van der Waals surface area contributed by atoms with Crippen molar-refractivity contribution in [3.8, 4) is 11.4 Å². The summed E-state index contributed by atoms with van der Waals surface area (Å²) >= 11 is 2.68. The normalized spacial score (nSPS) is 11.2. The zero-order chi connectivity index (χ0) is 17.9. The highest BCUT2D eigenvalue weighted by atomic mass is 32.2. The van der Waals surface area contributed by atoms with Gasteiger partial charge in [0, 0.05) is 6.42 Å². The fourth-order valence-corrected chi connectivity index (χ4v) is 4.04. The first kappa shape index (κ1) is 16.9. The van der Waals surface area contributed by atoms with Gasteiger partial charge in [0.2, 0.25) is 0 Å². The van der Waals surface area contributed by atoms with E-state index in [1.807, 2.05) is 23.6 Å². The molecule has 0 aliphatic rings. The molecule has 0 radical (unpaired) electrons. The molecule has 9 heteroatoms. The molecule has 0 amide bonds. The molecule has 3 aromatic heterocycles. The Bertz CT molecular complexity index is 1010. The van der Waals surface area contributed by atoms with Crippen LogP contribution in [-0.4, -0.2) is 24.1 Å². The number of hydrogen-bond acceptors (Lipinski definition) is 7. The third-order valence-electron chi connectivity index (χ3n) is 3.67. The average Bonchev–Trinajstić information content (AvgIpc) is 3.39. The molecule has 0 N–H and O–H groups in total. The fourth-order valence-electron chi connectivity index (χ4n) is 2.41. The van der Waals surface area contributed by atoms with E-state index in [9.17, 15) is 4.39 Å². The van der Waals surface area contributed by atoms with E-state index < -0.39 is 0 Å². The zero-order valence-electron chi connectivity index (χ0n) is 13.8. The van der Waals surface area contributed by atoms with Crippen LogP contribution >= 0.6 is 23.3 Å². The molecule has 3 heterocycles. The minimum Gasteiger partial charge on any atom is -0.467 e. The van der Waals surface area contributed by atoms with Gasteiger partial charge in [-0.1, -0.05) is 19.1 Å². The maximum absolute atomic E-state index is 14.3. The van der Waals surface area contributed by atoms with Crippen molar-refractivity contribution in [3.05, 3.63) is 60.1 Å². The van der Waals surface area contributed by atoms with Gasteiger partial charge in [0.1, 0.15) is 17.4 Å². The third kappa shape index (κ3) is 3.40. The molecular formula is C17H14FN5OS2. The summed E-state index contributed by atoms with van der Waals surface area (Å²) in [5.41, 5.74) is 0.393. The van der Waals surface area contributed by atoms with Crippen LogP contribution in [0.3, 0.4) is 0 Å². The Morgan fingerprint density at radius 3 is 2.81 bits per heavy atom. The van der Waals surface area contributed by atoms with E-state index in [2.05, 4.69) is 19.6 Å². The Hall–Kier alpha value is -2.52. The lowest BCUT2D eigenvalue weighted by atomic mass is 10.2. The molecule has 132 valence electrons. The van der Waals surface area contributed by atoms with Gasteiger partial charge in [-0.2, -0.15) is 4.37 Å². The number of rotatable bonds is 6. The van der Waals surface area contributed by atoms with Gasteiger partial charge in [0.05, 0.1) is 18.4 Å². The van der Waals surface area contributed by atoms with Crippen LogP contribution in [0.2, 0.25) is 0 Å². The summed E-state index contributed by atoms with van der Waals surface area (Å²) in [4.78, 5) is 4.45. The number of hydrogen-bond donors (Lipinski definition) is 0. The Morgan fingerprint density at radius 2 is 2.08 bits per heavy atom. The molecule has 4 rings (SSSR count). The quantitative estimate of drug-likeness (QED) is 0.492. The van der Waals surface area contributed by atoms with Gasteiger partial charge in [-0.05, 0) is 47.6 Å². The van der Waals surface area contributed by atoms with Crippen LogP contribution in [-0.2, 0) is 13.0 Å². The van der Waals surface area contributed by atoms with E-state index in [-0.39, 0.29) is 5.82 Å². The fraction of sp³-hybridized carbons (Fsp3) is 0.176. The molecular weight excluding hydrogens is 373 g/mol. The Balaban J connectivity index is 1.74. The number of halogens is 1. The summed E-state index contributed by atoms with van der Waals surface area (Å²) in [5, 5.41) is 9.08. The van der Waals surface area contributed by atoms with Crippen LogP contribution in [0.5, 0.6) is 0 Å². The lowest BCUT2D eigenvalue weighted by Crippen LogP contribution is -2.04. The topological polar surface area (TPSA) is 69.6 Å². The van der Waals surface area contributed by atoms with Crippen molar-refractivity contribution in [1.29, 1.82) is 0 Å². The highest BCUT2D eigenvalue weighted by Crippen LogP contribution is 2.32. The van der Waals surface area contributed by atoms with Crippen molar-refractivity contribution < 1.29 is 8.81 Å². The zero-order valence-corrected chi connectivity index (χ0v) is 15.4. The van der Waals surface area contributed by atoms with Gasteiger partial charge in [-0.25, -0.2) is 9.37 Å². The van der Waals surface area contributed by atoms with E-state index in [4.69, 9.17) is 4.42 Å². The van der Waals surface area contributed by atoms with Crippen molar-refractivity contribution in [2.24, 2.45) is 0 Å². The summed E-state index contributed by atoms with van der Waals surface area (Å²) in [6.45, 7) is 2.40. The molecule has 0 atom stereocenters. The highest BCUT2D eigenvalue weighted by molar-refractivity contribution is 8.00. The molecule has 0 saturated carbocycles. The van der Waals surface area contributed by atoms with Gasteiger partial charge >= 0.3 is 0 Å². The maximum Gasteiger partial charge on any atom is 0.199 e. The van der Waals surface area contributed by atoms with Gasteiger partial charge in [0.25, 0.3) is 0 Å². The molecule has 0 saturated heterocycles. The summed E-state index contributed by atoms with van der Waals surface area (Å²) < 4.78 is 26.6. The SMILES string of the molecule is CCc1nsc(Sc2nnc(-c3ccccc3F)n2Cc2ccco2)n1. The second kappa shape index (κ2) is 7.38. The number of nitrogens with zero attached hydrogens (tertiary/aromatic N) is 5. The molecule has 1 aromatic carbocycles. The smallest absolute Gasteiger partial charge is 0.199 e. The van der Waals surface area contributed by atoms with Crippen molar-refractivity contribution in [2.75, 3.05) is 0 Å². The number of furan rings is 1. The van der Waals surface area contributed by atoms with Crippen molar-refractivity contribution in [2.45, 2.75) is 29.4 Å². The molecule has 0 unspecified atom stereocenters. The number of aryl methyl sites for hydroxylation is 1. The van der Waals surface area contributed by atoms with Crippen LogP contribution < -0.4 is 0 Å². The predicted octanol–water partition coefficient (Wildman–Crippen LogP) is 4.29. The molecule has 0 bridgehead atoms. The first-order valence-electron chi connectivity index (χ1n) is 7.95. The molecule has 0 fully saturated rings. The van der Waals surface area contributed by atoms with Crippen LogP contribution in [0.15, 0.2) is 56.6 Å². The third-order valence-corrected chi connectivity index (χ3v) is 5.44. The van der Waals surface area contributed by atoms with Gasteiger partial charge in [-0.3, -0.25) is 4.57 Å². The molecule has 26 heavy (non-hydrogen) atoms. The first-order valence-corrected chi connectivity index (χ1v) is 9.54. The van der Waals surface area contributed by atoms with Crippen LogP contribution in [0, 0.1) is 5.82 Å². The molecule has 0 aliphatic heterocycles.